The van der Waals surface area contributed by atoms with Crippen LogP contribution in [0.25, 0.3) is 28.1 Å². The highest BCUT2D eigenvalue weighted by atomic mass is 15.1. The van der Waals surface area contributed by atoms with Crippen LogP contribution in [-0.4, -0.2) is 9.55 Å². The summed E-state index contributed by atoms with van der Waals surface area (Å²) < 4.78 is 2.55. The number of nitrogens with zero attached hydrogens (tertiary/aromatic N) is 2. The second kappa shape index (κ2) is 10.3. The first-order valence-electron chi connectivity index (χ1n) is 15.9. The molecule has 2 heterocycles. The summed E-state index contributed by atoms with van der Waals surface area (Å²) in [5.74, 6) is 2.67. The highest BCUT2D eigenvalue weighted by Crippen LogP contribution is 2.53. The third-order valence-corrected chi connectivity index (χ3v) is 10.4. The van der Waals surface area contributed by atoms with Crippen LogP contribution < -0.4 is 0 Å². The second-order valence-corrected chi connectivity index (χ2v) is 14.6. The molecule has 0 saturated heterocycles. The Morgan fingerprint density at radius 1 is 1.02 bits per heavy atom. The minimum atomic E-state index is 0.151. The van der Waals surface area contributed by atoms with Crippen molar-refractivity contribution in [3.8, 4) is 11.4 Å². The van der Waals surface area contributed by atoms with E-state index in [1.807, 2.05) is 0 Å². The number of fused-ring (bicyclic) bond motifs is 3. The summed E-state index contributed by atoms with van der Waals surface area (Å²) in [5, 5.41) is 0. The molecule has 0 N–H and O–H groups in total. The SMILES string of the molecule is C/C=C(C)\C(=C(\C)C(C)C)n1c2nc3cc4c(cc31)C(C)(C)CCC4(C)CC(CC)c1ccc(CC(C)C)cc1-2. The Kier molecular flexibility index (Phi) is 7.47. The molecule has 3 aromatic rings. The molecule has 2 unspecified atom stereocenters. The number of aromatic nitrogens is 2. The molecule has 0 amide bonds. The Morgan fingerprint density at radius 2 is 1.75 bits per heavy atom. The molecule has 1 aliphatic heterocycles. The monoisotopic (exact) mass is 536 g/mol. The van der Waals surface area contributed by atoms with Gasteiger partial charge in [-0.25, -0.2) is 4.98 Å². The lowest BCUT2D eigenvalue weighted by molar-refractivity contribution is 0.279. The van der Waals surface area contributed by atoms with E-state index >= 15 is 0 Å². The van der Waals surface area contributed by atoms with Crippen molar-refractivity contribution in [2.24, 2.45) is 11.8 Å². The summed E-state index contributed by atoms with van der Waals surface area (Å²) in [5.41, 5.74) is 14.1. The van der Waals surface area contributed by atoms with Crippen LogP contribution in [0.1, 0.15) is 130 Å². The molecule has 0 radical (unpaired) electrons. The van der Waals surface area contributed by atoms with Gasteiger partial charge in [0.2, 0.25) is 0 Å². The van der Waals surface area contributed by atoms with Gasteiger partial charge in [0, 0.05) is 11.3 Å². The first-order valence-corrected chi connectivity index (χ1v) is 15.9. The Balaban J connectivity index is 2.00. The third-order valence-electron chi connectivity index (χ3n) is 10.4. The zero-order valence-electron chi connectivity index (χ0n) is 27.1. The smallest absolute Gasteiger partial charge is 0.146 e. The van der Waals surface area contributed by atoms with Crippen LogP contribution in [0.3, 0.4) is 0 Å². The molecule has 2 heteroatoms. The largest absolute Gasteiger partial charge is 0.292 e. The van der Waals surface area contributed by atoms with Crippen molar-refractivity contribution in [1.29, 1.82) is 0 Å². The highest BCUT2D eigenvalue weighted by Gasteiger charge is 2.43. The lowest BCUT2D eigenvalue weighted by Crippen LogP contribution is -2.37. The van der Waals surface area contributed by atoms with Gasteiger partial charge < -0.3 is 0 Å². The number of hydrogen-bond donors (Lipinski definition) is 0. The Morgan fingerprint density at radius 3 is 2.38 bits per heavy atom. The second-order valence-electron chi connectivity index (χ2n) is 14.6. The Labute approximate surface area is 244 Å². The van der Waals surface area contributed by atoms with Crippen LogP contribution in [-0.2, 0) is 17.3 Å². The van der Waals surface area contributed by atoms with Gasteiger partial charge in [-0.2, -0.15) is 0 Å². The van der Waals surface area contributed by atoms with Gasteiger partial charge in [-0.1, -0.05) is 73.6 Å². The zero-order chi connectivity index (χ0) is 29.1. The van der Waals surface area contributed by atoms with Crippen LogP contribution in [0, 0.1) is 11.8 Å². The maximum Gasteiger partial charge on any atom is 0.146 e. The van der Waals surface area contributed by atoms with Crippen LogP contribution >= 0.6 is 0 Å². The van der Waals surface area contributed by atoms with Gasteiger partial charge in [-0.3, -0.25) is 4.57 Å². The molecule has 5 rings (SSSR count). The number of allylic oxidation sites excluding steroid dienone is 4. The minimum absolute atomic E-state index is 0.151. The fourth-order valence-corrected chi connectivity index (χ4v) is 7.50. The summed E-state index contributed by atoms with van der Waals surface area (Å²) in [6.07, 6.45) is 8.16. The molecule has 0 spiro atoms. The van der Waals surface area contributed by atoms with Gasteiger partial charge in [0.1, 0.15) is 5.82 Å². The van der Waals surface area contributed by atoms with Crippen molar-refractivity contribution in [3.63, 3.8) is 0 Å². The summed E-state index contributed by atoms with van der Waals surface area (Å²) >= 11 is 0. The Hall–Kier alpha value is -2.61. The predicted octanol–water partition coefficient (Wildman–Crippen LogP) is 11.0. The molecule has 1 aliphatic carbocycles. The Bertz CT molecular complexity index is 1510. The van der Waals surface area contributed by atoms with E-state index < -0.39 is 0 Å². The first kappa shape index (κ1) is 28.9. The molecule has 2 aliphatic rings. The minimum Gasteiger partial charge on any atom is -0.292 e. The maximum absolute atomic E-state index is 5.57. The average Bonchev–Trinajstić information content (AvgIpc) is 3.26. The van der Waals surface area contributed by atoms with Crippen LogP contribution in [0.2, 0.25) is 0 Å². The highest BCUT2D eigenvalue weighted by molar-refractivity contribution is 5.90. The fourth-order valence-electron chi connectivity index (χ4n) is 7.50. The van der Waals surface area contributed by atoms with E-state index in [0.717, 1.165) is 24.2 Å². The van der Waals surface area contributed by atoms with Crippen molar-refractivity contribution in [3.05, 3.63) is 69.8 Å². The van der Waals surface area contributed by atoms with E-state index in [1.165, 1.54) is 63.9 Å². The van der Waals surface area contributed by atoms with E-state index in [4.69, 9.17) is 4.98 Å². The molecular weight excluding hydrogens is 484 g/mol. The average molecular weight is 537 g/mol. The van der Waals surface area contributed by atoms with Crippen molar-refractivity contribution in [1.82, 2.24) is 9.55 Å². The number of benzene rings is 2. The molecule has 3 bridgehead atoms. The standard InChI is InChI=1S/C38H52N2/c1-12-25(7)35(26(8)24(5)6)40-34-21-31-32-20-33(34)39-36(40)30-19-27(18-23(3)4)14-15-29(30)28(13-2)22-38(32,11)17-16-37(31,9)10/h12,14-15,19-21,23-24,28H,13,16-18,22H2,1-11H3/b25-12-,35-26+. The van der Waals surface area contributed by atoms with Gasteiger partial charge >= 0.3 is 0 Å². The summed E-state index contributed by atoms with van der Waals surface area (Å²) in [6, 6.07) is 12.4. The van der Waals surface area contributed by atoms with E-state index in [2.05, 4.69) is 117 Å². The number of hydrogen-bond acceptors (Lipinski definition) is 1. The molecule has 0 fully saturated rings. The zero-order valence-corrected chi connectivity index (χ0v) is 27.1. The van der Waals surface area contributed by atoms with Crippen molar-refractivity contribution in [2.45, 2.75) is 125 Å². The quantitative estimate of drug-likeness (QED) is 0.286. The molecular formula is C38H52N2. The topological polar surface area (TPSA) is 17.8 Å². The van der Waals surface area contributed by atoms with Crippen molar-refractivity contribution in [2.75, 3.05) is 0 Å². The lowest BCUT2D eigenvalue weighted by atomic mass is 9.59. The van der Waals surface area contributed by atoms with Crippen molar-refractivity contribution < 1.29 is 0 Å². The molecule has 2 aromatic carbocycles. The molecule has 40 heavy (non-hydrogen) atoms. The van der Waals surface area contributed by atoms with E-state index in [-0.39, 0.29) is 10.8 Å². The van der Waals surface area contributed by atoms with E-state index in [9.17, 15) is 0 Å². The fraction of sp³-hybridized carbons (Fsp3) is 0.553. The van der Waals surface area contributed by atoms with Crippen molar-refractivity contribution >= 4 is 16.7 Å². The van der Waals surface area contributed by atoms with E-state index in [0.29, 0.717) is 17.8 Å². The van der Waals surface area contributed by atoms with Gasteiger partial charge in [-0.15, -0.1) is 0 Å². The van der Waals surface area contributed by atoms with Gasteiger partial charge in [-0.05, 0) is 133 Å². The lowest BCUT2D eigenvalue weighted by Gasteiger charge is -2.45. The summed E-state index contributed by atoms with van der Waals surface area (Å²) in [4.78, 5) is 5.57. The normalized spacial score (nSPS) is 22.8. The first-order chi connectivity index (χ1) is 18.8. The summed E-state index contributed by atoms with van der Waals surface area (Å²) in [7, 11) is 0. The van der Waals surface area contributed by atoms with Gasteiger partial charge in [0.15, 0.2) is 0 Å². The maximum atomic E-state index is 5.57. The van der Waals surface area contributed by atoms with E-state index in [1.54, 1.807) is 5.56 Å². The molecule has 0 saturated carbocycles. The van der Waals surface area contributed by atoms with Gasteiger partial charge in [0.25, 0.3) is 0 Å². The number of imidazole rings is 1. The summed E-state index contributed by atoms with van der Waals surface area (Å²) in [6.45, 7) is 25.9. The van der Waals surface area contributed by atoms with Crippen LogP contribution in [0.5, 0.6) is 0 Å². The predicted molar refractivity (Wildman–Crippen MR) is 174 cm³/mol. The van der Waals surface area contributed by atoms with Crippen LogP contribution in [0.4, 0.5) is 0 Å². The molecule has 214 valence electrons. The molecule has 2 nitrogen and oxygen atoms in total. The van der Waals surface area contributed by atoms with Gasteiger partial charge in [0.05, 0.1) is 11.0 Å². The molecule has 1 aromatic heterocycles. The number of rotatable bonds is 6. The molecule has 2 atom stereocenters. The van der Waals surface area contributed by atoms with Crippen LogP contribution in [0.15, 0.2) is 47.6 Å². The third kappa shape index (κ3) is 4.70.